The molecule has 0 aliphatic carbocycles. The van der Waals surface area contributed by atoms with Gasteiger partial charge in [0.15, 0.2) is 5.82 Å². The number of benzene rings is 1. The Morgan fingerprint density at radius 2 is 1.25 bits per heavy atom. The summed E-state index contributed by atoms with van der Waals surface area (Å²) in [7, 11) is 0. The lowest BCUT2D eigenvalue weighted by molar-refractivity contribution is 0.477. The zero-order valence-electron chi connectivity index (χ0n) is 20.5. The molecule has 0 saturated carbocycles. The third-order valence-electron chi connectivity index (χ3n) is 5.91. The van der Waals surface area contributed by atoms with Gasteiger partial charge in [0.2, 0.25) is 0 Å². The van der Waals surface area contributed by atoms with Gasteiger partial charge in [0.25, 0.3) is 0 Å². The molecule has 3 nitrogen and oxygen atoms in total. The van der Waals surface area contributed by atoms with E-state index in [-0.39, 0.29) is 0 Å². The van der Waals surface area contributed by atoms with Crippen LogP contribution < -0.4 is 4.74 Å². The molecule has 2 aromatic rings. The summed E-state index contributed by atoms with van der Waals surface area (Å²) in [5, 5.41) is 0. The highest BCUT2D eigenvalue weighted by molar-refractivity contribution is 5.55. The number of unbranched alkanes of at least 4 members (excludes halogenated alkanes) is 12. The molecule has 2 rings (SSSR count). The van der Waals surface area contributed by atoms with E-state index in [4.69, 9.17) is 4.74 Å². The van der Waals surface area contributed by atoms with Gasteiger partial charge in [0.1, 0.15) is 5.75 Å². The van der Waals surface area contributed by atoms with Crippen molar-refractivity contribution in [3.05, 3.63) is 54.6 Å². The fraction of sp³-hybridized carbons (Fsp3) is 0.586. The number of hydrogen-bond acceptors (Lipinski definition) is 3. The number of nitrogens with zero attached hydrogens (tertiary/aromatic N) is 2. The van der Waals surface area contributed by atoms with Crippen molar-refractivity contribution in [1.82, 2.24) is 9.97 Å². The second kappa shape index (κ2) is 17.4. The van der Waals surface area contributed by atoms with Gasteiger partial charge >= 0.3 is 0 Å². The maximum absolute atomic E-state index is 5.73. The summed E-state index contributed by atoms with van der Waals surface area (Å²) >= 11 is 0. The molecular formula is C29H44N2O. The fourth-order valence-electron chi connectivity index (χ4n) is 3.84. The lowest BCUT2D eigenvalue weighted by Gasteiger charge is -2.05. The Morgan fingerprint density at radius 1 is 0.688 bits per heavy atom. The Kier molecular flexibility index (Phi) is 14.2. The molecule has 0 aliphatic rings. The first kappa shape index (κ1) is 26.1. The molecule has 3 heteroatoms. The minimum atomic E-state index is 0.776. The quantitative estimate of drug-likeness (QED) is 0.173. The summed E-state index contributed by atoms with van der Waals surface area (Å²) in [5.41, 5.74) is 2.26. The van der Waals surface area contributed by atoms with E-state index >= 15 is 0 Å². The largest absolute Gasteiger partial charge is 0.465 e. The van der Waals surface area contributed by atoms with Crippen LogP contribution in [0.25, 0.3) is 11.4 Å². The van der Waals surface area contributed by atoms with Crippen LogP contribution in [0.4, 0.5) is 0 Å². The van der Waals surface area contributed by atoms with E-state index in [9.17, 15) is 0 Å². The van der Waals surface area contributed by atoms with E-state index in [1.807, 2.05) is 42.9 Å². The van der Waals surface area contributed by atoms with Crippen LogP contribution in [0.2, 0.25) is 0 Å². The average Bonchev–Trinajstić information content (AvgIpc) is 2.83. The highest BCUT2D eigenvalue weighted by atomic mass is 16.5. The Bertz CT molecular complexity index is 722. The number of ether oxygens (including phenoxy) is 1. The maximum atomic E-state index is 5.73. The van der Waals surface area contributed by atoms with Crippen LogP contribution in [0.5, 0.6) is 5.75 Å². The molecule has 0 fully saturated rings. The number of rotatable bonds is 18. The highest BCUT2D eigenvalue weighted by Gasteiger charge is 2.03. The van der Waals surface area contributed by atoms with Gasteiger partial charge in [-0.3, -0.25) is 0 Å². The molecule has 0 saturated heterocycles. The Hall–Kier alpha value is -2.16. The molecular weight excluding hydrogens is 392 g/mol. The van der Waals surface area contributed by atoms with Gasteiger partial charge in [0.05, 0.1) is 6.26 Å². The Morgan fingerprint density at radius 3 is 1.88 bits per heavy atom. The molecule has 1 aromatic carbocycles. The maximum Gasteiger partial charge on any atom is 0.159 e. The highest BCUT2D eigenvalue weighted by Crippen LogP contribution is 2.20. The Labute approximate surface area is 196 Å². The van der Waals surface area contributed by atoms with Crippen LogP contribution in [0.3, 0.4) is 0 Å². The molecule has 0 amide bonds. The van der Waals surface area contributed by atoms with E-state index in [1.165, 1.54) is 89.0 Å². The smallest absolute Gasteiger partial charge is 0.159 e. The van der Waals surface area contributed by atoms with E-state index in [0.717, 1.165) is 30.0 Å². The molecule has 0 aliphatic heterocycles. The predicted octanol–water partition coefficient (Wildman–Crippen LogP) is 9.08. The van der Waals surface area contributed by atoms with Crippen molar-refractivity contribution in [3.63, 3.8) is 0 Å². The van der Waals surface area contributed by atoms with Crippen molar-refractivity contribution in [2.24, 2.45) is 0 Å². The van der Waals surface area contributed by atoms with Crippen molar-refractivity contribution in [3.8, 4) is 17.1 Å². The lowest BCUT2D eigenvalue weighted by atomic mass is 10.1. The van der Waals surface area contributed by atoms with Crippen molar-refractivity contribution >= 4 is 0 Å². The molecule has 0 spiro atoms. The molecule has 176 valence electrons. The standard InChI is InChI=1S/C29H44N2O/c1-3-5-7-9-11-13-15-17-23-32-28-21-19-27(20-22-28)29-30-24-26(25-31-29)18-16-14-12-10-8-6-4-2/h17,19-25H,3-16,18H2,1-2H3/b23-17-. The normalized spacial score (nSPS) is 11.3. The molecule has 0 atom stereocenters. The first-order valence-corrected chi connectivity index (χ1v) is 13.1. The van der Waals surface area contributed by atoms with Crippen LogP contribution in [-0.2, 0) is 6.42 Å². The second-order valence-electron chi connectivity index (χ2n) is 8.86. The van der Waals surface area contributed by atoms with Crippen LogP contribution >= 0.6 is 0 Å². The molecule has 0 unspecified atom stereocenters. The minimum Gasteiger partial charge on any atom is -0.465 e. The summed E-state index contributed by atoms with van der Waals surface area (Å²) in [4.78, 5) is 9.15. The average molecular weight is 437 g/mol. The van der Waals surface area contributed by atoms with E-state index in [1.54, 1.807) is 0 Å². The van der Waals surface area contributed by atoms with E-state index in [2.05, 4.69) is 29.9 Å². The number of aryl methyl sites for hydroxylation is 1. The first-order valence-electron chi connectivity index (χ1n) is 13.1. The van der Waals surface area contributed by atoms with Crippen molar-refractivity contribution in [1.29, 1.82) is 0 Å². The van der Waals surface area contributed by atoms with Gasteiger partial charge in [-0.15, -0.1) is 0 Å². The third kappa shape index (κ3) is 11.5. The van der Waals surface area contributed by atoms with Gasteiger partial charge in [-0.05, 0) is 61.6 Å². The van der Waals surface area contributed by atoms with Gasteiger partial charge in [-0.25, -0.2) is 9.97 Å². The van der Waals surface area contributed by atoms with E-state index in [0.29, 0.717) is 0 Å². The van der Waals surface area contributed by atoms with Crippen LogP contribution in [0.1, 0.15) is 109 Å². The first-order chi connectivity index (χ1) is 15.8. The monoisotopic (exact) mass is 436 g/mol. The van der Waals surface area contributed by atoms with Gasteiger partial charge in [-0.1, -0.05) is 84.5 Å². The van der Waals surface area contributed by atoms with Gasteiger partial charge < -0.3 is 4.74 Å². The lowest BCUT2D eigenvalue weighted by Crippen LogP contribution is -1.93. The summed E-state index contributed by atoms with van der Waals surface area (Å²) < 4.78 is 5.73. The van der Waals surface area contributed by atoms with Crippen molar-refractivity contribution < 1.29 is 4.74 Å². The number of allylic oxidation sites excluding steroid dienone is 1. The number of hydrogen-bond donors (Lipinski definition) is 0. The predicted molar refractivity (Wildman–Crippen MR) is 137 cm³/mol. The SMILES string of the molecule is CCCCCCCC/C=C\Oc1ccc(-c2ncc(CCCCCCCCC)cn2)cc1. The van der Waals surface area contributed by atoms with Gasteiger partial charge in [0, 0.05) is 18.0 Å². The third-order valence-corrected chi connectivity index (χ3v) is 5.91. The van der Waals surface area contributed by atoms with Crippen molar-refractivity contribution in [2.45, 2.75) is 110 Å². The summed E-state index contributed by atoms with van der Waals surface area (Å²) in [6.07, 6.45) is 27.4. The Balaban J connectivity index is 1.65. The summed E-state index contributed by atoms with van der Waals surface area (Å²) in [6, 6.07) is 8.03. The molecule has 1 heterocycles. The molecule has 0 bridgehead atoms. The topological polar surface area (TPSA) is 35.0 Å². The van der Waals surface area contributed by atoms with Crippen LogP contribution in [0, 0.1) is 0 Å². The molecule has 0 N–H and O–H groups in total. The van der Waals surface area contributed by atoms with Crippen molar-refractivity contribution in [2.75, 3.05) is 0 Å². The zero-order chi connectivity index (χ0) is 22.7. The number of aromatic nitrogens is 2. The molecule has 0 radical (unpaired) electrons. The zero-order valence-corrected chi connectivity index (χ0v) is 20.5. The van der Waals surface area contributed by atoms with Gasteiger partial charge in [-0.2, -0.15) is 0 Å². The summed E-state index contributed by atoms with van der Waals surface area (Å²) in [6.45, 7) is 4.52. The molecule has 32 heavy (non-hydrogen) atoms. The molecule has 1 aromatic heterocycles. The summed E-state index contributed by atoms with van der Waals surface area (Å²) in [5.74, 6) is 1.63. The van der Waals surface area contributed by atoms with E-state index < -0.39 is 0 Å². The second-order valence-corrected chi connectivity index (χ2v) is 8.86. The van der Waals surface area contributed by atoms with Crippen LogP contribution in [0.15, 0.2) is 49.0 Å². The minimum absolute atomic E-state index is 0.776. The fourth-order valence-corrected chi connectivity index (χ4v) is 3.84. The van der Waals surface area contributed by atoms with Crippen LogP contribution in [-0.4, -0.2) is 9.97 Å².